The summed E-state index contributed by atoms with van der Waals surface area (Å²) in [6, 6.07) is 8.50. The molecule has 2 fully saturated rings. The second kappa shape index (κ2) is 10.4. The van der Waals surface area contributed by atoms with Gasteiger partial charge >= 0.3 is 0 Å². The van der Waals surface area contributed by atoms with E-state index in [-0.39, 0.29) is 35.7 Å². The van der Waals surface area contributed by atoms with Crippen LogP contribution in [0.3, 0.4) is 0 Å². The van der Waals surface area contributed by atoms with Gasteiger partial charge in [-0.05, 0) is 74.3 Å². The zero-order chi connectivity index (χ0) is 24.4. The summed E-state index contributed by atoms with van der Waals surface area (Å²) in [5, 5.41) is 14.3. The zero-order valence-electron chi connectivity index (χ0n) is 19.6. The van der Waals surface area contributed by atoms with Crippen molar-refractivity contribution in [3.8, 4) is 11.5 Å². The molecule has 3 atom stereocenters. The van der Waals surface area contributed by atoms with E-state index in [1.165, 1.54) is 18.2 Å². The van der Waals surface area contributed by atoms with E-state index < -0.39 is 18.0 Å². The van der Waals surface area contributed by atoms with Crippen molar-refractivity contribution in [3.05, 3.63) is 53.6 Å². The fourth-order valence-corrected chi connectivity index (χ4v) is 5.16. The van der Waals surface area contributed by atoms with Crippen molar-refractivity contribution >= 4 is 11.6 Å². The number of nitrogens with one attached hydrogen (secondary N) is 1. The monoisotopic (exact) mass is 487 g/mol. The van der Waals surface area contributed by atoms with Crippen LogP contribution in [-0.2, 0) is 4.79 Å². The van der Waals surface area contributed by atoms with Gasteiger partial charge in [-0.15, -0.1) is 0 Å². The number of benzene rings is 2. The van der Waals surface area contributed by atoms with E-state index in [0.29, 0.717) is 38.2 Å². The highest BCUT2D eigenvalue weighted by molar-refractivity contribution is 5.80. The number of aliphatic hydroxyl groups is 1. The first-order valence-electron chi connectivity index (χ1n) is 12.3. The third kappa shape index (κ3) is 5.36. The summed E-state index contributed by atoms with van der Waals surface area (Å²) >= 11 is 0. The van der Waals surface area contributed by atoms with Crippen LogP contribution in [-0.4, -0.2) is 67.9 Å². The Morgan fingerprint density at radius 3 is 2.60 bits per heavy atom. The molecule has 0 aliphatic carbocycles. The van der Waals surface area contributed by atoms with Gasteiger partial charge in [0.05, 0.1) is 12.0 Å². The minimum absolute atomic E-state index is 0.0548. The number of carbonyl (C=O) groups excluding carboxylic acids is 1. The van der Waals surface area contributed by atoms with Crippen LogP contribution in [0.5, 0.6) is 11.5 Å². The molecular formula is C26H31F2N3O4. The van der Waals surface area contributed by atoms with Gasteiger partial charge in [0.15, 0.2) is 17.3 Å². The summed E-state index contributed by atoms with van der Waals surface area (Å²) < 4.78 is 38.8. The van der Waals surface area contributed by atoms with Crippen LogP contribution in [0.2, 0.25) is 0 Å². The molecule has 3 aliphatic rings. The van der Waals surface area contributed by atoms with Gasteiger partial charge in [-0.1, -0.05) is 0 Å². The predicted molar refractivity (Wildman–Crippen MR) is 127 cm³/mol. The molecule has 2 aromatic carbocycles. The maximum absolute atomic E-state index is 14.7. The van der Waals surface area contributed by atoms with E-state index in [1.807, 2.05) is 0 Å². The lowest BCUT2D eigenvalue weighted by Gasteiger charge is -2.30. The first-order valence-corrected chi connectivity index (χ1v) is 12.3. The third-order valence-electron chi connectivity index (χ3n) is 7.07. The molecule has 2 N–H and O–H groups in total. The highest BCUT2D eigenvalue weighted by Crippen LogP contribution is 2.36. The van der Waals surface area contributed by atoms with Crippen molar-refractivity contribution < 1.29 is 28.2 Å². The molecule has 7 nitrogen and oxygen atoms in total. The van der Waals surface area contributed by atoms with Crippen LogP contribution in [0.25, 0.3) is 0 Å². The van der Waals surface area contributed by atoms with Crippen LogP contribution >= 0.6 is 0 Å². The lowest BCUT2D eigenvalue weighted by atomic mass is 9.99. The molecule has 188 valence electrons. The average Bonchev–Trinajstić information content (AvgIpc) is 3.56. The molecule has 0 aromatic heterocycles. The van der Waals surface area contributed by atoms with Crippen molar-refractivity contribution in [3.63, 3.8) is 0 Å². The molecular weight excluding hydrogens is 456 g/mol. The first kappa shape index (κ1) is 23.8. The van der Waals surface area contributed by atoms with E-state index in [0.717, 1.165) is 31.6 Å². The number of hydrogen-bond donors (Lipinski definition) is 2. The van der Waals surface area contributed by atoms with Gasteiger partial charge in [0.1, 0.15) is 25.1 Å². The maximum atomic E-state index is 14.7. The second-order valence-corrected chi connectivity index (χ2v) is 9.50. The van der Waals surface area contributed by atoms with E-state index in [1.54, 1.807) is 18.2 Å². The molecule has 0 unspecified atom stereocenters. The van der Waals surface area contributed by atoms with Crippen LogP contribution in [0.4, 0.5) is 14.5 Å². The highest BCUT2D eigenvalue weighted by atomic mass is 19.1. The number of fused-ring (bicyclic) bond motifs is 1. The highest BCUT2D eigenvalue weighted by Gasteiger charge is 2.33. The molecule has 3 heterocycles. The van der Waals surface area contributed by atoms with Crippen LogP contribution in [0.15, 0.2) is 36.4 Å². The summed E-state index contributed by atoms with van der Waals surface area (Å²) in [6.45, 7) is 4.06. The number of hydrogen-bond acceptors (Lipinski definition) is 6. The summed E-state index contributed by atoms with van der Waals surface area (Å²) in [7, 11) is 0. The molecule has 0 bridgehead atoms. The third-order valence-corrected chi connectivity index (χ3v) is 7.07. The number of halogens is 2. The minimum atomic E-state index is -1.11. The topological polar surface area (TPSA) is 74.3 Å². The Balaban J connectivity index is 1.30. The van der Waals surface area contributed by atoms with Gasteiger partial charge in [-0.3, -0.25) is 4.79 Å². The Kier molecular flexibility index (Phi) is 7.06. The van der Waals surface area contributed by atoms with E-state index in [2.05, 4.69) is 15.1 Å². The van der Waals surface area contributed by atoms with Gasteiger partial charge in [0.2, 0.25) is 5.91 Å². The number of ether oxygens (including phenoxy) is 2. The molecule has 5 rings (SSSR count). The van der Waals surface area contributed by atoms with E-state index in [9.17, 15) is 18.7 Å². The molecule has 9 heteroatoms. The van der Waals surface area contributed by atoms with E-state index in [4.69, 9.17) is 9.47 Å². The van der Waals surface area contributed by atoms with Crippen molar-refractivity contribution in [2.75, 3.05) is 50.8 Å². The average molecular weight is 488 g/mol. The lowest BCUT2D eigenvalue weighted by Crippen LogP contribution is -2.48. The standard InChI is InChI=1S/C26H31F2N3O4/c27-19-3-5-20(6-4-19)31-10-7-17(15-31)26(33)29-22(16-30-8-1-2-9-30)24(32)18-13-21(28)25-23(14-18)34-11-12-35-25/h3-6,13-14,17,22,24,32H,1-2,7-12,15-16H2,(H,29,33)/t17-,22-,24-/m1/s1. The predicted octanol–water partition coefficient (Wildman–Crippen LogP) is 2.88. The Bertz CT molecular complexity index is 1050. The molecule has 2 saturated heterocycles. The molecule has 3 aliphatic heterocycles. The number of likely N-dealkylation sites (tertiary alicyclic amines) is 1. The molecule has 35 heavy (non-hydrogen) atoms. The Morgan fingerprint density at radius 2 is 1.83 bits per heavy atom. The van der Waals surface area contributed by atoms with Crippen molar-refractivity contribution in [2.45, 2.75) is 31.4 Å². The zero-order valence-corrected chi connectivity index (χ0v) is 19.6. The Morgan fingerprint density at radius 1 is 1.09 bits per heavy atom. The minimum Gasteiger partial charge on any atom is -0.486 e. The largest absolute Gasteiger partial charge is 0.486 e. The Labute approximate surface area is 203 Å². The molecule has 2 aromatic rings. The number of nitrogens with zero attached hydrogens (tertiary/aromatic N) is 2. The summed E-state index contributed by atoms with van der Waals surface area (Å²) in [4.78, 5) is 17.5. The molecule has 0 radical (unpaired) electrons. The smallest absolute Gasteiger partial charge is 0.225 e. The lowest BCUT2D eigenvalue weighted by molar-refractivity contribution is -0.126. The summed E-state index contributed by atoms with van der Waals surface area (Å²) in [5.74, 6) is -0.965. The number of rotatable bonds is 7. The van der Waals surface area contributed by atoms with Crippen LogP contribution in [0.1, 0.15) is 30.9 Å². The normalized spacial score (nSPS) is 21.7. The van der Waals surface area contributed by atoms with Gasteiger partial charge in [0.25, 0.3) is 0 Å². The molecule has 1 amide bonds. The van der Waals surface area contributed by atoms with Crippen LogP contribution in [0, 0.1) is 17.6 Å². The van der Waals surface area contributed by atoms with Crippen LogP contribution < -0.4 is 19.7 Å². The van der Waals surface area contributed by atoms with Gasteiger partial charge < -0.3 is 29.7 Å². The Hall–Kier alpha value is -2.91. The fourth-order valence-electron chi connectivity index (χ4n) is 5.16. The van der Waals surface area contributed by atoms with Crippen molar-refractivity contribution in [1.82, 2.24) is 10.2 Å². The van der Waals surface area contributed by atoms with Crippen molar-refractivity contribution in [1.29, 1.82) is 0 Å². The van der Waals surface area contributed by atoms with Gasteiger partial charge in [-0.2, -0.15) is 0 Å². The SMILES string of the molecule is O=C(N[C@H](CN1CCCC1)[C@H](O)c1cc(F)c2c(c1)OCCO2)[C@@H]1CCN(c2ccc(F)cc2)C1. The summed E-state index contributed by atoms with van der Waals surface area (Å²) in [6.07, 6.45) is 1.70. The number of aliphatic hydroxyl groups excluding tert-OH is 1. The number of anilines is 1. The van der Waals surface area contributed by atoms with E-state index >= 15 is 0 Å². The van der Waals surface area contributed by atoms with Gasteiger partial charge in [-0.25, -0.2) is 8.78 Å². The quantitative estimate of drug-likeness (QED) is 0.626. The fraction of sp³-hybridized carbons (Fsp3) is 0.500. The number of amides is 1. The molecule has 0 saturated carbocycles. The summed E-state index contributed by atoms with van der Waals surface area (Å²) in [5.41, 5.74) is 1.22. The second-order valence-electron chi connectivity index (χ2n) is 9.50. The number of carbonyl (C=O) groups is 1. The molecule has 0 spiro atoms. The van der Waals surface area contributed by atoms with Crippen molar-refractivity contribution in [2.24, 2.45) is 5.92 Å². The van der Waals surface area contributed by atoms with Gasteiger partial charge in [0, 0.05) is 25.3 Å². The maximum Gasteiger partial charge on any atom is 0.225 e. The first-order chi connectivity index (χ1) is 17.0.